The van der Waals surface area contributed by atoms with Crippen molar-refractivity contribution in [1.29, 1.82) is 5.26 Å². The Kier molecular flexibility index (Phi) is 8.33. The quantitative estimate of drug-likeness (QED) is 0.450. The number of methoxy groups -OCH3 is 1. The largest absolute Gasteiger partial charge is 0.497 e. The van der Waals surface area contributed by atoms with Gasteiger partial charge in [-0.3, -0.25) is 4.79 Å². The zero-order valence-electron chi connectivity index (χ0n) is 13.9. The first kappa shape index (κ1) is 19.5. The predicted octanol–water partition coefficient (Wildman–Crippen LogP) is 0.566. The van der Waals surface area contributed by atoms with Crippen molar-refractivity contribution in [3.05, 3.63) is 41.6 Å². The SMILES string of the molecule is COc1ccc(C(C)N/C=C(/C#N)C(=O)N(CCO)CCO)cc1. The highest BCUT2D eigenvalue weighted by atomic mass is 16.5. The number of rotatable bonds is 9. The third-order valence-corrected chi connectivity index (χ3v) is 3.47. The maximum Gasteiger partial charge on any atom is 0.266 e. The van der Waals surface area contributed by atoms with E-state index in [1.165, 1.54) is 11.1 Å². The van der Waals surface area contributed by atoms with E-state index in [0.29, 0.717) is 0 Å². The summed E-state index contributed by atoms with van der Waals surface area (Å²) in [4.78, 5) is 13.5. The summed E-state index contributed by atoms with van der Waals surface area (Å²) in [5.41, 5.74) is 0.886. The second-order valence-corrected chi connectivity index (χ2v) is 5.07. The molecule has 0 aromatic heterocycles. The molecule has 3 N–H and O–H groups in total. The molecule has 0 fully saturated rings. The van der Waals surface area contributed by atoms with Crippen LogP contribution in [0.2, 0.25) is 0 Å². The zero-order chi connectivity index (χ0) is 17.9. The molecule has 1 atom stereocenters. The lowest BCUT2D eigenvalue weighted by molar-refractivity contribution is -0.127. The minimum Gasteiger partial charge on any atom is -0.497 e. The topological polar surface area (TPSA) is 106 Å². The van der Waals surface area contributed by atoms with E-state index in [9.17, 15) is 10.1 Å². The second-order valence-electron chi connectivity index (χ2n) is 5.07. The van der Waals surface area contributed by atoms with Crippen LogP contribution in [-0.2, 0) is 4.79 Å². The molecule has 1 aromatic carbocycles. The number of nitrogens with one attached hydrogen (secondary N) is 1. The van der Waals surface area contributed by atoms with Crippen LogP contribution in [0.5, 0.6) is 5.75 Å². The Morgan fingerprint density at radius 3 is 2.38 bits per heavy atom. The molecule has 1 aromatic rings. The van der Waals surface area contributed by atoms with Crippen molar-refractivity contribution >= 4 is 5.91 Å². The molecule has 7 nitrogen and oxygen atoms in total. The standard InChI is InChI=1S/C17H23N3O4/c1-13(14-3-5-16(24-2)6-4-14)19-12-15(11-18)17(23)20(7-9-21)8-10-22/h3-6,12-13,19,21-22H,7-10H2,1-2H3/b15-12-. The summed E-state index contributed by atoms with van der Waals surface area (Å²) in [6, 6.07) is 9.18. The molecule has 24 heavy (non-hydrogen) atoms. The van der Waals surface area contributed by atoms with E-state index in [-0.39, 0.29) is 37.9 Å². The van der Waals surface area contributed by atoms with E-state index in [4.69, 9.17) is 14.9 Å². The van der Waals surface area contributed by atoms with Gasteiger partial charge < -0.3 is 25.2 Å². The van der Waals surface area contributed by atoms with Gasteiger partial charge in [-0.05, 0) is 24.6 Å². The van der Waals surface area contributed by atoms with Gasteiger partial charge in [-0.1, -0.05) is 12.1 Å². The summed E-state index contributed by atoms with van der Waals surface area (Å²) in [5.74, 6) is 0.216. The average molecular weight is 333 g/mol. The van der Waals surface area contributed by atoms with E-state index in [1.807, 2.05) is 37.3 Å². The first-order valence-electron chi connectivity index (χ1n) is 7.58. The summed E-state index contributed by atoms with van der Waals surface area (Å²) in [6.07, 6.45) is 1.36. The van der Waals surface area contributed by atoms with Gasteiger partial charge in [-0.2, -0.15) is 5.26 Å². The molecule has 0 aliphatic heterocycles. The molecule has 1 rings (SSSR count). The van der Waals surface area contributed by atoms with Crippen molar-refractivity contribution in [3.8, 4) is 11.8 Å². The smallest absolute Gasteiger partial charge is 0.266 e. The average Bonchev–Trinajstić information content (AvgIpc) is 2.61. The predicted molar refractivity (Wildman–Crippen MR) is 89.0 cm³/mol. The Morgan fingerprint density at radius 2 is 1.92 bits per heavy atom. The number of aliphatic hydroxyl groups is 2. The maximum atomic E-state index is 12.2. The monoisotopic (exact) mass is 333 g/mol. The lowest BCUT2D eigenvalue weighted by Gasteiger charge is -2.20. The van der Waals surface area contributed by atoms with Gasteiger partial charge in [0.25, 0.3) is 5.91 Å². The molecular weight excluding hydrogens is 310 g/mol. The Hall–Kier alpha value is -2.56. The number of nitrogens with zero attached hydrogens (tertiary/aromatic N) is 2. The van der Waals surface area contributed by atoms with Gasteiger partial charge in [0.05, 0.1) is 20.3 Å². The third-order valence-electron chi connectivity index (χ3n) is 3.47. The summed E-state index contributed by atoms with van der Waals surface area (Å²) in [6.45, 7) is 1.55. The van der Waals surface area contributed by atoms with Crippen LogP contribution in [-0.4, -0.2) is 54.4 Å². The Morgan fingerprint density at radius 1 is 1.33 bits per heavy atom. The van der Waals surface area contributed by atoms with Crippen LogP contribution in [0.3, 0.4) is 0 Å². The molecule has 7 heteroatoms. The third kappa shape index (κ3) is 5.57. The van der Waals surface area contributed by atoms with Gasteiger partial charge in [0, 0.05) is 25.3 Å². The number of benzene rings is 1. The fourth-order valence-corrected chi connectivity index (χ4v) is 2.07. The molecule has 0 heterocycles. The van der Waals surface area contributed by atoms with Crippen molar-refractivity contribution in [2.24, 2.45) is 0 Å². The van der Waals surface area contributed by atoms with E-state index < -0.39 is 5.91 Å². The van der Waals surface area contributed by atoms with Gasteiger partial charge >= 0.3 is 0 Å². The first-order valence-corrected chi connectivity index (χ1v) is 7.58. The van der Waals surface area contributed by atoms with Crippen LogP contribution in [0.4, 0.5) is 0 Å². The molecule has 0 aliphatic rings. The number of hydrogen-bond acceptors (Lipinski definition) is 6. The van der Waals surface area contributed by atoms with Gasteiger partial charge in [-0.25, -0.2) is 0 Å². The number of nitriles is 1. The van der Waals surface area contributed by atoms with Gasteiger partial charge in [0.2, 0.25) is 0 Å². The van der Waals surface area contributed by atoms with E-state index in [0.717, 1.165) is 11.3 Å². The molecule has 1 amide bonds. The second kappa shape index (κ2) is 10.3. The van der Waals surface area contributed by atoms with Gasteiger partial charge in [0.1, 0.15) is 17.4 Å². The number of ether oxygens (including phenoxy) is 1. The minimum atomic E-state index is -0.532. The Bertz CT molecular complexity index is 587. The number of carbonyl (C=O) groups excluding carboxylic acids is 1. The Balaban J connectivity index is 2.79. The fourth-order valence-electron chi connectivity index (χ4n) is 2.07. The fraction of sp³-hybridized carbons (Fsp3) is 0.412. The number of hydrogen-bond donors (Lipinski definition) is 3. The van der Waals surface area contributed by atoms with Crippen LogP contribution in [0.1, 0.15) is 18.5 Å². The lowest BCUT2D eigenvalue weighted by Crippen LogP contribution is -2.37. The molecule has 0 radical (unpaired) electrons. The number of aliphatic hydroxyl groups excluding tert-OH is 2. The molecule has 0 spiro atoms. The summed E-state index contributed by atoms with van der Waals surface area (Å²) >= 11 is 0. The molecule has 130 valence electrons. The number of carbonyl (C=O) groups is 1. The number of amides is 1. The van der Waals surface area contributed by atoms with Crippen LogP contribution >= 0.6 is 0 Å². The first-order chi connectivity index (χ1) is 11.6. The minimum absolute atomic E-state index is 0.0620. The molecule has 0 saturated carbocycles. The molecule has 0 saturated heterocycles. The molecule has 1 unspecified atom stereocenters. The van der Waals surface area contributed by atoms with Crippen LogP contribution in [0.15, 0.2) is 36.0 Å². The van der Waals surface area contributed by atoms with Crippen LogP contribution in [0, 0.1) is 11.3 Å². The summed E-state index contributed by atoms with van der Waals surface area (Å²) in [7, 11) is 1.59. The molecule has 0 bridgehead atoms. The van der Waals surface area contributed by atoms with Crippen molar-refractivity contribution < 1.29 is 19.7 Å². The highest BCUT2D eigenvalue weighted by Crippen LogP contribution is 2.17. The highest BCUT2D eigenvalue weighted by molar-refractivity contribution is 5.97. The Labute approximate surface area is 141 Å². The van der Waals surface area contributed by atoms with E-state index >= 15 is 0 Å². The van der Waals surface area contributed by atoms with Gasteiger partial charge in [-0.15, -0.1) is 0 Å². The lowest BCUT2D eigenvalue weighted by atomic mass is 10.1. The van der Waals surface area contributed by atoms with Crippen LogP contribution in [0.25, 0.3) is 0 Å². The highest BCUT2D eigenvalue weighted by Gasteiger charge is 2.17. The van der Waals surface area contributed by atoms with E-state index in [1.54, 1.807) is 7.11 Å². The summed E-state index contributed by atoms with van der Waals surface area (Å²) < 4.78 is 5.10. The van der Waals surface area contributed by atoms with Gasteiger partial charge in [0.15, 0.2) is 0 Å². The van der Waals surface area contributed by atoms with Crippen molar-refractivity contribution in [1.82, 2.24) is 10.2 Å². The van der Waals surface area contributed by atoms with Crippen molar-refractivity contribution in [2.45, 2.75) is 13.0 Å². The molecule has 0 aliphatic carbocycles. The van der Waals surface area contributed by atoms with E-state index in [2.05, 4.69) is 5.32 Å². The normalized spacial score (nSPS) is 12.2. The van der Waals surface area contributed by atoms with Crippen molar-refractivity contribution in [2.75, 3.05) is 33.4 Å². The maximum absolute atomic E-state index is 12.2. The van der Waals surface area contributed by atoms with Crippen LogP contribution < -0.4 is 10.1 Å². The van der Waals surface area contributed by atoms with Crippen molar-refractivity contribution in [3.63, 3.8) is 0 Å². The summed E-state index contributed by atoms with van der Waals surface area (Å²) in [5, 5.41) is 30.1. The zero-order valence-corrected chi connectivity index (χ0v) is 13.9. The molecular formula is C17H23N3O4.